The van der Waals surface area contributed by atoms with Crippen molar-refractivity contribution in [1.29, 1.82) is 0 Å². The van der Waals surface area contributed by atoms with Crippen molar-refractivity contribution in [2.24, 2.45) is 0 Å². The second-order valence-electron chi connectivity index (χ2n) is 0.638. The fraction of sp³-hybridized carbons (Fsp3) is 0.250. The summed E-state index contributed by atoms with van der Waals surface area (Å²) in [4.78, 5) is 0. The zero-order valence-corrected chi connectivity index (χ0v) is 3.79. The lowest BCUT2D eigenvalue weighted by Crippen LogP contribution is -1.51. The molecule has 0 aliphatic heterocycles. The Balaban J connectivity index is 2.62. The Morgan fingerprint density at radius 3 is 2.40 bits per heavy atom. The highest BCUT2D eigenvalue weighted by Crippen LogP contribution is 1.71. The molecular formula is C4H6S. The summed E-state index contributed by atoms with van der Waals surface area (Å²) in [6.45, 7) is 3.43. The molecule has 0 fully saturated rings. The van der Waals surface area contributed by atoms with Gasteiger partial charge in [-0.3, -0.25) is 0 Å². The quantitative estimate of drug-likeness (QED) is 0.454. The maximum Gasteiger partial charge on any atom is 0.0217 e. The monoisotopic (exact) mass is 86.0 g/mol. The summed E-state index contributed by atoms with van der Waals surface area (Å²) < 4.78 is 0. The van der Waals surface area contributed by atoms with E-state index in [2.05, 4.69) is 19.6 Å². The Morgan fingerprint density at radius 1 is 1.80 bits per heavy atom. The molecule has 0 amide bonds. The van der Waals surface area contributed by atoms with Crippen LogP contribution in [0.15, 0.2) is 12.2 Å². The first-order valence-electron chi connectivity index (χ1n) is 1.44. The minimum Gasteiger partial charge on any atom is -0.0897 e. The lowest BCUT2D eigenvalue weighted by atomic mass is 10.6. The maximum absolute atomic E-state index is 4.52. The van der Waals surface area contributed by atoms with Crippen LogP contribution in [-0.2, 0) is 0 Å². The largest absolute Gasteiger partial charge is 0.0897 e. The third-order valence-corrected chi connectivity index (χ3v) is 0.455. The van der Waals surface area contributed by atoms with Crippen LogP contribution in [0.5, 0.6) is 0 Å². The molecule has 0 rings (SSSR count). The molecule has 0 unspecified atom stereocenters. The summed E-state index contributed by atoms with van der Waals surface area (Å²) in [5.41, 5.74) is 0. The van der Waals surface area contributed by atoms with Gasteiger partial charge in [0.05, 0.1) is 0 Å². The summed E-state index contributed by atoms with van der Waals surface area (Å²) in [6, 6.07) is 0. The molecule has 0 heterocycles. The Hall–Kier alpha value is 0.0900. The van der Waals surface area contributed by atoms with E-state index in [4.69, 9.17) is 0 Å². The van der Waals surface area contributed by atoms with Crippen LogP contribution in [0, 0.1) is 6.92 Å². The van der Waals surface area contributed by atoms with E-state index >= 15 is 0 Å². The van der Waals surface area contributed by atoms with Gasteiger partial charge in [-0.2, -0.15) is 0 Å². The molecule has 28 valence electrons. The van der Waals surface area contributed by atoms with Gasteiger partial charge in [0.15, 0.2) is 0 Å². The molecule has 5 heavy (non-hydrogen) atoms. The minimum atomic E-state index is 0.684. The lowest BCUT2D eigenvalue weighted by Gasteiger charge is -1.63. The summed E-state index contributed by atoms with van der Waals surface area (Å²) in [6.07, 6.45) is 3.53. The molecule has 0 saturated heterocycles. The number of hydrogen-bond acceptors (Lipinski definition) is 0. The average molecular weight is 86.2 g/mol. The SMILES string of the molecule is [CH2]C=CC[S]. The normalized spacial score (nSPS) is 10.0. The molecule has 0 aromatic heterocycles. The summed E-state index contributed by atoms with van der Waals surface area (Å²) >= 11 is 4.52. The van der Waals surface area contributed by atoms with Gasteiger partial charge in [-0.1, -0.05) is 24.8 Å². The highest BCUT2D eigenvalue weighted by Gasteiger charge is 1.54. The fourth-order valence-corrected chi connectivity index (χ4v) is 0.204. The lowest BCUT2D eigenvalue weighted by molar-refractivity contribution is 1.78. The van der Waals surface area contributed by atoms with E-state index in [9.17, 15) is 0 Å². The van der Waals surface area contributed by atoms with E-state index in [-0.39, 0.29) is 0 Å². The van der Waals surface area contributed by atoms with Gasteiger partial charge in [0.25, 0.3) is 0 Å². The van der Waals surface area contributed by atoms with E-state index in [0.717, 1.165) is 0 Å². The van der Waals surface area contributed by atoms with Gasteiger partial charge < -0.3 is 0 Å². The molecule has 0 aromatic carbocycles. The molecule has 1 heteroatoms. The molecule has 0 saturated carbocycles. The van der Waals surface area contributed by atoms with Crippen LogP contribution in [-0.4, -0.2) is 5.75 Å². The van der Waals surface area contributed by atoms with Crippen molar-refractivity contribution in [2.75, 3.05) is 5.75 Å². The molecule has 0 aromatic rings. The van der Waals surface area contributed by atoms with Gasteiger partial charge in [-0.05, 0) is 6.92 Å². The second kappa shape index (κ2) is 4.09. The Kier molecular flexibility index (Phi) is 4.16. The molecule has 0 N–H and O–H groups in total. The fourth-order valence-electron chi connectivity index (χ4n) is 0.0680. The van der Waals surface area contributed by atoms with Crippen LogP contribution in [0.25, 0.3) is 0 Å². The van der Waals surface area contributed by atoms with E-state index in [1.54, 1.807) is 6.08 Å². The van der Waals surface area contributed by atoms with E-state index in [0.29, 0.717) is 5.75 Å². The average Bonchev–Trinajstić information content (AvgIpc) is 1.41. The van der Waals surface area contributed by atoms with Crippen LogP contribution >= 0.6 is 12.6 Å². The molecule has 0 aliphatic rings. The standard InChI is InChI=1S/C4H6S/c1-2-3-4-5/h2-3H,1,4H2. The van der Waals surface area contributed by atoms with E-state index < -0.39 is 0 Å². The summed E-state index contributed by atoms with van der Waals surface area (Å²) in [5, 5.41) is 0. The van der Waals surface area contributed by atoms with Gasteiger partial charge in [0, 0.05) is 5.75 Å². The van der Waals surface area contributed by atoms with Gasteiger partial charge in [0.1, 0.15) is 0 Å². The molecule has 0 nitrogen and oxygen atoms in total. The van der Waals surface area contributed by atoms with Crippen molar-refractivity contribution in [3.05, 3.63) is 19.1 Å². The second-order valence-corrected chi connectivity index (χ2v) is 0.971. The highest BCUT2D eigenvalue weighted by molar-refractivity contribution is 7.80. The van der Waals surface area contributed by atoms with Crippen LogP contribution in [0.3, 0.4) is 0 Å². The topological polar surface area (TPSA) is 0 Å². The van der Waals surface area contributed by atoms with Gasteiger partial charge in [-0.25, -0.2) is 0 Å². The summed E-state index contributed by atoms with van der Waals surface area (Å²) in [5.74, 6) is 0.684. The maximum atomic E-state index is 4.52. The Labute approximate surface area is 38.3 Å². The van der Waals surface area contributed by atoms with Gasteiger partial charge in [-0.15, -0.1) is 0 Å². The number of rotatable bonds is 1. The zero-order chi connectivity index (χ0) is 4.12. The highest BCUT2D eigenvalue weighted by atomic mass is 32.1. The van der Waals surface area contributed by atoms with Crippen molar-refractivity contribution in [3.8, 4) is 0 Å². The van der Waals surface area contributed by atoms with Crippen LogP contribution < -0.4 is 0 Å². The van der Waals surface area contributed by atoms with Crippen LogP contribution in [0.4, 0.5) is 0 Å². The molecule has 0 atom stereocenters. The van der Waals surface area contributed by atoms with Crippen LogP contribution in [0.2, 0.25) is 0 Å². The molecular weight excluding hydrogens is 80.1 g/mol. The first kappa shape index (κ1) is 5.09. The van der Waals surface area contributed by atoms with Crippen molar-refractivity contribution in [1.82, 2.24) is 0 Å². The smallest absolute Gasteiger partial charge is 0.0217 e. The van der Waals surface area contributed by atoms with E-state index in [1.807, 2.05) is 6.08 Å². The Morgan fingerprint density at radius 2 is 2.40 bits per heavy atom. The zero-order valence-electron chi connectivity index (χ0n) is 2.98. The van der Waals surface area contributed by atoms with Crippen molar-refractivity contribution < 1.29 is 0 Å². The molecule has 0 spiro atoms. The summed E-state index contributed by atoms with van der Waals surface area (Å²) in [7, 11) is 0. The third-order valence-electron chi connectivity index (χ3n) is 0.263. The van der Waals surface area contributed by atoms with Crippen molar-refractivity contribution >= 4 is 12.6 Å². The van der Waals surface area contributed by atoms with Gasteiger partial charge >= 0.3 is 0 Å². The first-order chi connectivity index (χ1) is 2.41. The number of allylic oxidation sites excluding steroid dienone is 1. The first-order valence-corrected chi connectivity index (χ1v) is 2.02. The molecule has 0 aliphatic carbocycles. The van der Waals surface area contributed by atoms with Crippen molar-refractivity contribution in [2.45, 2.75) is 0 Å². The predicted octanol–water partition coefficient (Wildman–Crippen LogP) is 1.57. The third kappa shape index (κ3) is 4.09. The predicted molar refractivity (Wildman–Crippen MR) is 27.0 cm³/mol. The molecule has 2 radical (unpaired) electrons. The van der Waals surface area contributed by atoms with Gasteiger partial charge in [0.2, 0.25) is 0 Å². The molecule has 0 bridgehead atoms. The minimum absolute atomic E-state index is 0.684. The van der Waals surface area contributed by atoms with E-state index in [1.165, 1.54) is 0 Å². The Bertz CT molecular complexity index is 30.6. The van der Waals surface area contributed by atoms with Crippen LogP contribution in [0.1, 0.15) is 0 Å². The number of hydrogen-bond donors (Lipinski definition) is 0. The van der Waals surface area contributed by atoms with Crippen molar-refractivity contribution in [3.63, 3.8) is 0 Å².